The summed E-state index contributed by atoms with van der Waals surface area (Å²) < 4.78 is 37.7. The van der Waals surface area contributed by atoms with Crippen molar-refractivity contribution in [2.75, 3.05) is 13.1 Å². The molecule has 0 bridgehead atoms. The second-order valence-corrected chi connectivity index (χ2v) is 4.98. The fourth-order valence-corrected chi connectivity index (χ4v) is 2.35. The predicted octanol–water partition coefficient (Wildman–Crippen LogP) is 2.94. The zero-order chi connectivity index (χ0) is 13.7. The fraction of sp³-hybridized carbons (Fsp3) is 0.571. The Morgan fingerprint density at radius 3 is 2.79 bits per heavy atom. The van der Waals surface area contributed by atoms with E-state index in [1.54, 1.807) is 6.07 Å². The molecule has 1 aromatic rings. The summed E-state index contributed by atoms with van der Waals surface area (Å²) in [4.78, 5) is 0. The fourth-order valence-electron chi connectivity index (χ4n) is 2.35. The molecule has 0 aromatic heterocycles. The molecule has 1 aliphatic heterocycles. The standard InChI is InChI=1S/C14H19F3N2/c15-14(16,17)12-5-3-4-11(8-12)9-18-10-13-6-1-2-7-19-13/h3-5,8,13,18-19H,1-2,6-7,9-10H2. The molecule has 0 radical (unpaired) electrons. The van der Waals surface area contributed by atoms with Crippen molar-refractivity contribution in [2.45, 2.75) is 38.0 Å². The molecule has 0 saturated carbocycles. The van der Waals surface area contributed by atoms with Gasteiger partial charge in [-0.25, -0.2) is 0 Å². The van der Waals surface area contributed by atoms with Crippen LogP contribution in [0.25, 0.3) is 0 Å². The lowest BCUT2D eigenvalue weighted by atomic mass is 10.0. The first-order valence-corrected chi connectivity index (χ1v) is 6.66. The van der Waals surface area contributed by atoms with Crippen LogP contribution in [0, 0.1) is 0 Å². The number of benzene rings is 1. The van der Waals surface area contributed by atoms with Crippen LogP contribution in [0.15, 0.2) is 24.3 Å². The highest BCUT2D eigenvalue weighted by Gasteiger charge is 2.30. The lowest BCUT2D eigenvalue weighted by Crippen LogP contribution is -2.41. The third-order valence-electron chi connectivity index (χ3n) is 3.39. The normalized spacial score (nSPS) is 20.5. The topological polar surface area (TPSA) is 24.1 Å². The molecule has 2 N–H and O–H groups in total. The van der Waals surface area contributed by atoms with Crippen LogP contribution in [0.4, 0.5) is 13.2 Å². The maximum atomic E-state index is 12.6. The Labute approximate surface area is 111 Å². The zero-order valence-corrected chi connectivity index (χ0v) is 10.8. The average Bonchev–Trinajstić information content (AvgIpc) is 2.39. The van der Waals surface area contributed by atoms with Crippen LogP contribution in [0.3, 0.4) is 0 Å². The van der Waals surface area contributed by atoms with Crippen molar-refractivity contribution >= 4 is 0 Å². The molecule has 0 aliphatic carbocycles. The van der Waals surface area contributed by atoms with Crippen molar-refractivity contribution in [1.29, 1.82) is 0 Å². The van der Waals surface area contributed by atoms with Crippen molar-refractivity contribution in [3.8, 4) is 0 Å². The number of hydrogen-bond acceptors (Lipinski definition) is 2. The van der Waals surface area contributed by atoms with E-state index in [9.17, 15) is 13.2 Å². The molecule has 1 aliphatic rings. The predicted molar refractivity (Wildman–Crippen MR) is 68.8 cm³/mol. The number of hydrogen-bond donors (Lipinski definition) is 2. The van der Waals surface area contributed by atoms with E-state index in [0.29, 0.717) is 18.2 Å². The lowest BCUT2D eigenvalue weighted by molar-refractivity contribution is -0.137. The zero-order valence-electron chi connectivity index (χ0n) is 10.8. The smallest absolute Gasteiger partial charge is 0.313 e. The van der Waals surface area contributed by atoms with Gasteiger partial charge < -0.3 is 10.6 Å². The van der Waals surface area contributed by atoms with E-state index in [1.165, 1.54) is 25.0 Å². The van der Waals surface area contributed by atoms with E-state index in [-0.39, 0.29) is 0 Å². The summed E-state index contributed by atoms with van der Waals surface area (Å²) in [7, 11) is 0. The molecule has 2 nitrogen and oxygen atoms in total. The molecule has 19 heavy (non-hydrogen) atoms. The molecule has 5 heteroatoms. The Hall–Kier alpha value is -1.07. The lowest BCUT2D eigenvalue weighted by Gasteiger charge is -2.23. The van der Waals surface area contributed by atoms with Gasteiger partial charge in [0.25, 0.3) is 0 Å². The largest absolute Gasteiger partial charge is 0.416 e. The van der Waals surface area contributed by atoms with Crippen LogP contribution in [0.1, 0.15) is 30.4 Å². The number of nitrogens with one attached hydrogen (secondary N) is 2. The first kappa shape index (κ1) is 14.3. The SMILES string of the molecule is FC(F)(F)c1cccc(CNCC2CCCCN2)c1. The van der Waals surface area contributed by atoms with Crippen LogP contribution in [0.2, 0.25) is 0 Å². The highest BCUT2D eigenvalue weighted by molar-refractivity contribution is 5.25. The Morgan fingerprint density at radius 1 is 1.26 bits per heavy atom. The molecule has 0 spiro atoms. The van der Waals surface area contributed by atoms with Gasteiger partial charge in [0, 0.05) is 19.1 Å². The average molecular weight is 272 g/mol. The van der Waals surface area contributed by atoms with Gasteiger partial charge in [-0.15, -0.1) is 0 Å². The first-order chi connectivity index (χ1) is 9.05. The minimum absolute atomic E-state index is 0.444. The molecule has 1 aromatic carbocycles. The summed E-state index contributed by atoms with van der Waals surface area (Å²) in [6.45, 7) is 2.31. The molecule has 1 heterocycles. The Bertz CT molecular complexity index is 398. The van der Waals surface area contributed by atoms with Crippen molar-refractivity contribution in [3.05, 3.63) is 35.4 Å². The summed E-state index contributed by atoms with van der Waals surface area (Å²) >= 11 is 0. The van der Waals surface area contributed by atoms with Crippen molar-refractivity contribution < 1.29 is 13.2 Å². The first-order valence-electron chi connectivity index (χ1n) is 6.66. The highest BCUT2D eigenvalue weighted by atomic mass is 19.4. The third-order valence-corrected chi connectivity index (χ3v) is 3.39. The second kappa shape index (κ2) is 6.39. The molecule has 0 amide bonds. The minimum atomic E-state index is -4.26. The van der Waals surface area contributed by atoms with Gasteiger partial charge in [0.05, 0.1) is 5.56 Å². The number of alkyl halides is 3. The van der Waals surface area contributed by atoms with Gasteiger partial charge in [-0.2, -0.15) is 13.2 Å². The van der Waals surface area contributed by atoms with Crippen molar-refractivity contribution in [2.24, 2.45) is 0 Å². The summed E-state index contributed by atoms with van der Waals surface area (Å²) in [5.41, 5.74) is 0.0909. The van der Waals surface area contributed by atoms with Crippen LogP contribution in [0.5, 0.6) is 0 Å². The Kier molecular flexibility index (Phi) is 4.82. The minimum Gasteiger partial charge on any atom is -0.313 e. The summed E-state index contributed by atoms with van der Waals surface area (Å²) in [6, 6.07) is 5.93. The van der Waals surface area contributed by atoms with E-state index in [2.05, 4.69) is 10.6 Å². The van der Waals surface area contributed by atoms with E-state index in [0.717, 1.165) is 25.6 Å². The molecular weight excluding hydrogens is 253 g/mol. The maximum Gasteiger partial charge on any atom is 0.416 e. The summed E-state index contributed by atoms with van der Waals surface area (Å²) in [5.74, 6) is 0. The quantitative estimate of drug-likeness (QED) is 0.880. The monoisotopic (exact) mass is 272 g/mol. The van der Waals surface area contributed by atoms with Crippen molar-refractivity contribution in [3.63, 3.8) is 0 Å². The molecular formula is C14H19F3N2. The van der Waals surface area contributed by atoms with Crippen LogP contribution in [-0.2, 0) is 12.7 Å². The molecule has 1 saturated heterocycles. The van der Waals surface area contributed by atoms with Gasteiger partial charge in [0.2, 0.25) is 0 Å². The van der Waals surface area contributed by atoms with Gasteiger partial charge in [-0.05, 0) is 31.0 Å². The van der Waals surface area contributed by atoms with E-state index in [4.69, 9.17) is 0 Å². The van der Waals surface area contributed by atoms with E-state index < -0.39 is 11.7 Å². The molecule has 1 fully saturated rings. The highest BCUT2D eigenvalue weighted by Crippen LogP contribution is 2.29. The van der Waals surface area contributed by atoms with Gasteiger partial charge >= 0.3 is 6.18 Å². The number of piperidine rings is 1. The van der Waals surface area contributed by atoms with Crippen molar-refractivity contribution in [1.82, 2.24) is 10.6 Å². The van der Waals surface area contributed by atoms with E-state index in [1.807, 2.05) is 0 Å². The van der Waals surface area contributed by atoms with Crippen LogP contribution in [-0.4, -0.2) is 19.1 Å². The van der Waals surface area contributed by atoms with Crippen LogP contribution < -0.4 is 10.6 Å². The van der Waals surface area contributed by atoms with Gasteiger partial charge in [-0.1, -0.05) is 24.6 Å². The number of halogens is 3. The Balaban J connectivity index is 1.82. The Morgan fingerprint density at radius 2 is 2.11 bits per heavy atom. The molecule has 1 atom stereocenters. The second-order valence-electron chi connectivity index (χ2n) is 4.98. The third kappa shape index (κ3) is 4.51. The van der Waals surface area contributed by atoms with Gasteiger partial charge in [-0.3, -0.25) is 0 Å². The van der Waals surface area contributed by atoms with Gasteiger partial charge in [0.15, 0.2) is 0 Å². The summed E-state index contributed by atoms with van der Waals surface area (Å²) in [6.07, 6.45) is -0.691. The van der Waals surface area contributed by atoms with Crippen LogP contribution >= 0.6 is 0 Å². The van der Waals surface area contributed by atoms with Gasteiger partial charge in [0.1, 0.15) is 0 Å². The molecule has 106 valence electrons. The van der Waals surface area contributed by atoms with E-state index >= 15 is 0 Å². The summed E-state index contributed by atoms with van der Waals surface area (Å²) in [5, 5.41) is 6.62. The maximum absolute atomic E-state index is 12.6. The molecule has 1 unspecified atom stereocenters. The number of rotatable bonds is 4. The molecule has 2 rings (SSSR count).